The van der Waals surface area contributed by atoms with Gasteiger partial charge in [-0.1, -0.05) is 12.2 Å². The highest BCUT2D eigenvalue weighted by molar-refractivity contribution is 5.69. The van der Waals surface area contributed by atoms with Crippen molar-refractivity contribution in [3.05, 3.63) is 49.7 Å². The number of nitrogens with zero attached hydrogens (tertiary/aromatic N) is 2. The van der Waals surface area contributed by atoms with Crippen molar-refractivity contribution in [3.63, 3.8) is 0 Å². The fraction of sp³-hybridized carbons (Fsp3) is 0.381. The number of benzene rings is 1. The molecule has 0 amide bonds. The Morgan fingerprint density at radius 2 is 1.88 bits per heavy atom. The molecule has 1 aromatic carbocycles. The molecule has 0 radical (unpaired) electrons. The van der Waals surface area contributed by atoms with Crippen molar-refractivity contribution in [1.29, 1.82) is 0 Å². The lowest BCUT2D eigenvalue weighted by molar-refractivity contribution is 0.289. The molecule has 0 saturated heterocycles. The van der Waals surface area contributed by atoms with E-state index in [2.05, 4.69) is 18.1 Å². The molecule has 0 N–H and O–H groups in total. The molecule has 0 spiro atoms. The lowest BCUT2D eigenvalue weighted by Gasteiger charge is -2.14. The van der Waals surface area contributed by atoms with E-state index in [1.165, 1.54) is 0 Å². The third-order valence-corrected chi connectivity index (χ3v) is 4.02. The maximum absolute atomic E-state index is 6.02. The van der Waals surface area contributed by atoms with E-state index in [-0.39, 0.29) is 0 Å². The van der Waals surface area contributed by atoms with Crippen molar-refractivity contribution < 1.29 is 14.2 Å². The van der Waals surface area contributed by atoms with Crippen molar-refractivity contribution in [2.75, 3.05) is 20.3 Å². The summed E-state index contributed by atoms with van der Waals surface area (Å²) in [6.07, 6.45) is 9.39. The highest BCUT2D eigenvalue weighted by Gasteiger charge is 2.15. The van der Waals surface area contributed by atoms with Gasteiger partial charge in [0.15, 0.2) is 0 Å². The number of hydrogen-bond donors (Lipinski definition) is 0. The van der Waals surface area contributed by atoms with Gasteiger partial charge in [-0.3, -0.25) is 4.57 Å². The topological polar surface area (TPSA) is 45.5 Å². The number of hydrogen-bond acceptors (Lipinski definition) is 4. The molecule has 0 saturated carbocycles. The van der Waals surface area contributed by atoms with E-state index < -0.39 is 0 Å². The molecule has 0 unspecified atom stereocenters. The minimum Gasteiger partial charge on any atom is -0.497 e. The average Bonchev–Trinajstić information content (AvgIpc) is 3.02. The summed E-state index contributed by atoms with van der Waals surface area (Å²) < 4.78 is 19.0. The van der Waals surface area contributed by atoms with Gasteiger partial charge in [0, 0.05) is 12.6 Å². The minimum atomic E-state index is 0.554. The quantitative estimate of drug-likeness (QED) is 0.405. The summed E-state index contributed by atoms with van der Waals surface area (Å²) in [6.45, 7) is 8.66. The highest BCUT2D eigenvalue weighted by atomic mass is 16.5. The lowest BCUT2D eigenvalue weighted by Crippen LogP contribution is -2.04. The number of rotatable bonds is 12. The number of ether oxygens (including phenoxy) is 3. The smallest absolute Gasteiger partial charge is 0.296 e. The summed E-state index contributed by atoms with van der Waals surface area (Å²) in [6, 6.07) is 6.37. The molecule has 0 aliphatic heterocycles. The van der Waals surface area contributed by atoms with Crippen molar-refractivity contribution in [1.82, 2.24) is 9.55 Å². The second-order valence-corrected chi connectivity index (χ2v) is 5.91. The Morgan fingerprint density at radius 3 is 2.62 bits per heavy atom. The van der Waals surface area contributed by atoms with E-state index in [4.69, 9.17) is 14.2 Å². The molecular formula is C21H28N2O3. The first-order valence-electron chi connectivity index (χ1n) is 8.88. The van der Waals surface area contributed by atoms with Crippen LogP contribution in [0.2, 0.25) is 0 Å². The summed E-state index contributed by atoms with van der Waals surface area (Å²) in [5, 5.41) is 0. The van der Waals surface area contributed by atoms with Crippen LogP contribution in [-0.4, -0.2) is 29.9 Å². The van der Waals surface area contributed by atoms with Crippen LogP contribution in [-0.2, 0) is 7.05 Å². The average molecular weight is 356 g/mol. The molecule has 26 heavy (non-hydrogen) atoms. The van der Waals surface area contributed by atoms with Crippen molar-refractivity contribution in [3.8, 4) is 28.8 Å². The minimum absolute atomic E-state index is 0.554. The number of methoxy groups -OCH3 is 1. The molecule has 1 heterocycles. The lowest BCUT2D eigenvalue weighted by atomic mass is 10.1. The van der Waals surface area contributed by atoms with Crippen LogP contribution in [0.15, 0.2) is 49.7 Å². The van der Waals surface area contributed by atoms with E-state index in [1.54, 1.807) is 13.3 Å². The monoisotopic (exact) mass is 356 g/mol. The maximum atomic E-state index is 6.02. The second kappa shape index (κ2) is 10.3. The normalized spacial score (nSPS) is 10.4. The molecule has 2 rings (SSSR count). The Balaban J connectivity index is 2.20. The van der Waals surface area contributed by atoms with Crippen LogP contribution in [0.25, 0.3) is 11.3 Å². The van der Waals surface area contributed by atoms with Gasteiger partial charge < -0.3 is 14.2 Å². The van der Waals surface area contributed by atoms with Crippen molar-refractivity contribution in [2.45, 2.75) is 25.7 Å². The van der Waals surface area contributed by atoms with E-state index in [9.17, 15) is 0 Å². The zero-order chi connectivity index (χ0) is 18.8. The fourth-order valence-corrected chi connectivity index (χ4v) is 2.55. The molecule has 0 aliphatic rings. The van der Waals surface area contributed by atoms with Gasteiger partial charge in [0.1, 0.15) is 11.5 Å². The largest absolute Gasteiger partial charge is 0.497 e. The first kappa shape index (κ1) is 19.6. The van der Waals surface area contributed by atoms with Gasteiger partial charge >= 0.3 is 0 Å². The second-order valence-electron chi connectivity index (χ2n) is 5.91. The maximum Gasteiger partial charge on any atom is 0.296 e. The van der Waals surface area contributed by atoms with Gasteiger partial charge in [0.25, 0.3) is 6.01 Å². The van der Waals surface area contributed by atoms with Gasteiger partial charge in [-0.25, -0.2) is 4.98 Å². The SMILES string of the molecule is C=CCCCCOc1ccc(OC)cc1-c1cnc(OCCC=C)n1C. The molecule has 0 bridgehead atoms. The van der Waals surface area contributed by atoms with Crippen LogP contribution in [0.3, 0.4) is 0 Å². The summed E-state index contributed by atoms with van der Waals surface area (Å²) in [7, 11) is 3.58. The summed E-state index contributed by atoms with van der Waals surface area (Å²) in [5.41, 5.74) is 1.85. The van der Waals surface area contributed by atoms with Gasteiger partial charge in [-0.15, -0.1) is 13.2 Å². The Labute approximate surface area is 155 Å². The first-order chi connectivity index (χ1) is 12.7. The van der Waals surface area contributed by atoms with Gasteiger partial charge in [0.05, 0.1) is 32.2 Å². The molecule has 5 heteroatoms. The third kappa shape index (κ3) is 5.15. The Kier molecular flexibility index (Phi) is 7.80. The highest BCUT2D eigenvalue weighted by Crippen LogP contribution is 2.35. The standard InChI is InChI=1S/C21H28N2O3/c1-5-7-9-10-14-25-20-12-11-17(24-4)15-18(20)19-16-22-21(23(19)3)26-13-8-6-2/h5-6,11-12,15-16H,1-2,7-10,13-14H2,3-4H3. The molecular weight excluding hydrogens is 328 g/mol. The van der Waals surface area contributed by atoms with E-state index >= 15 is 0 Å². The van der Waals surface area contributed by atoms with E-state index in [0.29, 0.717) is 19.2 Å². The summed E-state index contributed by atoms with van der Waals surface area (Å²) >= 11 is 0. The fourth-order valence-electron chi connectivity index (χ4n) is 2.55. The predicted molar refractivity (Wildman–Crippen MR) is 105 cm³/mol. The van der Waals surface area contributed by atoms with E-state index in [0.717, 1.165) is 48.4 Å². The molecule has 0 aliphatic carbocycles. The van der Waals surface area contributed by atoms with Gasteiger partial charge in [-0.05, 0) is 43.9 Å². The first-order valence-corrected chi connectivity index (χ1v) is 8.88. The number of unbranched alkanes of at least 4 members (excludes halogenated alkanes) is 2. The summed E-state index contributed by atoms with van der Waals surface area (Å²) in [5.74, 6) is 1.58. The zero-order valence-corrected chi connectivity index (χ0v) is 15.7. The number of aromatic nitrogens is 2. The number of imidazole rings is 1. The Bertz CT molecular complexity index is 722. The molecule has 2 aromatic rings. The molecule has 140 valence electrons. The Morgan fingerprint density at radius 1 is 1.08 bits per heavy atom. The van der Waals surface area contributed by atoms with Crippen molar-refractivity contribution in [2.24, 2.45) is 7.05 Å². The zero-order valence-electron chi connectivity index (χ0n) is 15.7. The molecule has 1 aromatic heterocycles. The van der Waals surface area contributed by atoms with Crippen LogP contribution in [0.4, 0.5) is 0 Å². The number of allylic oxidation sites excluding steroid dienone is 1. The third-order valence-electron chi connectivity index (χ3n) is 4.02. The molecule has 0 atom stereocenters. The van der Waals surface area contributed by atoms with Crippen molar-refractivity contribution >= 4 is 0 Å². The van der Waals surface area contributed by atoms with Gasteiger partial charge in [-0.2, -0.15) is 0 Å². The molecule has 0 fully saturated rings. The van der Waals surface area contributed by atoms with Crippen LogP contribution < -0.4 is 14.2 Å². The van der Waals surface area contributed by atoms with Crippen LogP contribution in [0.5, 0.6) is 17.5 Å². The summed E-state index contributed by atoms with van der Waals surface area (Å²) in [4.78, 5) is 4.38. The van der Waals surface area contributed by atoms with Gasteiger partial charge in [0.2, 0.25) is 0 Å². The Hall–Kier alpha value is -2.69. The van der Waals surface area contributed by atoms with E-state index in [1.807, 2.05) is 42.0 Å². The van der Waals surface area contributed by atoms with Crippen LogP contribution in [0.1, 0.15) is 25.7 Å². The molecule has 5 nitrogen and oxygen atoms in total. The predicted octanol–water partition coefficient (Wildman–Crippen LogP) is 4.79. The van der Waals surface area contributed by atoms with Crippen LogP contribution in [0, 0.1) is 0 Å². The van der Waals surface area contributed by atoms with Crippen LogP contribution >= 0.6 is 0 Å².